The molecule has 4 aliphatic rings. The molecule has 2 amide bonds. The lowest BCUT2D eigenvalue weighted by molar-refractivity contribution is -0.401. The second-order valence-electron chi connectivity index (χ2n) is 19.2. The molecule has 1 fully saturated rings. The number of allylic oxidation sites excluding steroid dienone is 8. The molecule has 72 heavy (non-hydrogen) atoms. The summed E-state index contributed by atoms with van der Waals surface area (Å²) < 4.78 is 144. The van der Waals surface area contributed by atoms with Crippen molar-refractivity contribution < 1.29 is 75.7 Å². The number of fused-ring (bicyclic) bond motifs is 6. The van der Waals surface area contributed by atoms with Gasteiger partial charge in [0.1, 0.15) is 27.0 Å². The van der Waals surface area contributed by atoms with E-state index < -0.39 is 88.7 Å². The van der Waals surface area contributed by atoms with Gasteiger partial charge < -0.3 is 14.3 Å². The number of hydroxylamine groups is 2. The monoisotopic (exact) mass is 1070 g/mol. The van der Waals surface area contributed by atoms with Crippen molar-refractivity contribution in [3.63, 3.8) is 0 Å². The maximum absolute atomic E-state index is 12.6. The number of rotatable bonds is 14. The highest BCUT2D eigenvalue weighted by molar-refractivity contribution is 7.87. The average molecular weight is 1070 g/mol. The number of benzene rings is 4. The van der Waals surface area contributed by atoms with Crippen LogP contribution >= 0.6 is 0 Å². The fourth-order valence-corrected chi connectivity index (χ4v) is 13.1. The number of unbranched alkanes of at least 4 members (excludes halogenated alkanes) is 2. The van der Waals surface area contributed by atoms with Gasteiger partial charge in [0.05, 0.1) is 15.2 Å². The van der Waals surface area contributed by atoms with Crippen molar-refractivity contribution in [3.05, 3.63) is 107 Å². The molecule has 19 nitrogen and oxygen atoms in total. The van der Waals surface area contributed by atoms with Crippen LogP contribution in [0.3, 0.4) is 0 Å². The maximum atomic E-state index is 12.6. The highest BCUT2D eigenvalue weighted by Crippen LogP contribution is 2.52. The molecule has 4 aromatic carbocycles. The van der Waals surface area contributed by atoms with Gasteiger partial charge in [-0.05, 0) is 116 Å². The van der Waals surface area contributed by atoms with E-state index >= 15 is 0 Å². The quantitative estimate of drug-likeness (QED) is 0.0492. The van der Waals surface area contributed by atoms with Crippen LogP contribution in [0.2, 0.25) is 0 Å². The summed E-state index contributed by atoms with van der Waals surface area (Å²) in [5.74, 6) is -1.91. The highest BCUT2D eigenvalue weighted by Gasteiger charge is 2.46. The molecule has 0 spiro atoms. The first-order valence-electron chi connectivity index (χ1n) is 22.8. The van der Waals surface area contributed by atoms with Crippen molar-refractivity contribution in [2.24, 2.45) is 0 Å². The van der Waals surface area contributed by atoms with E-state index in [1.54, 1.807) is 12.1 Å². The molecule has 0 saturated carbocycles. The molecular formula is C49H51N3O16S4. The van der Waals surface area contributed by atoms with Gasteiger partial charge in [0.2, 0.25) is 5.69 Å². The Morgan fingerprint density at radius 1 is 0.708 bits per heavy atom. The largest absolute Gasteiger partial charge is 0.744 e. The Bertz CT molecular complexity index is 3680. The van der Waals surface area contributed by atoms with Gasteiger partial charge in [-0.2, -0.15) is 29.8 Å². The molecular weight excluding hydrogens is 1010 g/mol. The van der Waals surface area contributed by atoms with Crippen LogP contribution in [0.5, 0.6) is 0 Å². The molecule has 0 bridgehead atoms. The molecule has 0 unspecified atom stereocenters. The molecule has 382 valence electrons. The van der Waals surface area contributed by atoms with Crippen LogP contribution in [-0.2, 0) is 70.5 Å². The van der Waals surface area contributed by atoms with Gasteiger partial charge in [0, 0.05) is 71.1 Å². The average Bonchev–Trinajstić information content (AvgIpc) is 3.79. The predicted octanol–water partition coefficient (Wildman–Crippen LogP) is 7.09. The molecule has 4 aromatic rings. The lowest BCUT2D eigenvalue weighted by Crippen LogP contribution is -2.32. The summed E-state index contributed by atoms with van der Waals surface area (Å²) in [6, 6.07) is 9.94. The van der Waals surface area contributed by atoms with Gasteiger partial charge in [0.25, 0.3) is 42.2 Å². The lowest BCUT2D eigenvalue weighted by atomic mass is 9.78. The molecule has 0 radical (unpaired) electrons. The SMILES string of the molecule is C[N+]1=C(/C=C/C2=CC(=C\C=C3/N(CCCCCC(=O)ON4C(=O)CCC4=O)c4ccc5c(S(=O)(=O)O)cc(S(=O)(=O)[O-])cc5c4C3(C)C)/CCC2)C(C)(C)c2c1ccc1c(S(=O)(=O)O)cc(S(=O)(=O)O)cc21. The summed E-state index contributed by atoms with van der Waals surface area (Å²) in [6.45, 7) is 7.88. The topological polar surface area (TPSA) is 290 Å². The second-order valence-corrected chi connectivity index (χ2v) is 24.8. The minimum Gasteiger partial charge on any atom is -0.744 e. The zero-order valence-electron chi connectivity index (χ0n) is 39.7. The number of carbonyl (C=O) groups is 3. The first-order valence-corrected chi connectivity index (χ1v) is 28.5. The van der Waals surface area contributed by atoms with Crippen molar-refractivity contribution in [2.75, 3.05) is 18.5 Å². The summed E-state index contributed by atoms with van der Waals surface area (Å²) in [7, 11) is -18.2. The molecule has 8 rings (SSSR count). The minimum absolute atomic E-state index is 0.00680. The number of amides is 2. The maximum Gasteiger partial charge on any atom is 0.333 e. The van der Waals surface area contributed by atoms with E-state index in [-0.39, 0.29) is 40.8 Å². The van der Waals surface area contributed by atoms with Gasteiger partial charge in [-0.3, -0.25) is 23.2 Å². The normalized spacial score (nSPS) is 19.4. The van der Waals surface area contributed by atoms with Crippen LogP contribution in [-0.4, -0.2) is 98.6 Å². The van der Waals surface area contributed by atoms with E-state index in [4.69, 9.17) is 4.84 Å². The number of hydrogen-bond acceptors (Lipinski definition) is 14. The summed E-state index contributed by atoms with van der Waals surface area (Å²) in [5, 5.41) is 0.927. The van der Waals surface area contributed by atoms with E-state index in [1.165, 1.54) is 18.2 Å². The van der Waals surface area contributed by atoms with Crippen LogP contribution in [0, 0.1) is 0 Å². The highest BCUT2D eigenvalue weighted by atomic mass is 32.2. The smallest absolute Gasteiger partial charge is 0.333 e. The first kappa shape index (κ1) is 52.4. The molecule has 3 aliphatic heterocycles. The number of anilines is 1. The van der Waals surface area contributed by atoms with Crippen molar-refractivity contribution in [3.8, 4) is 0 Å². The zero-order chi connectivity index (χ0) is 52.7. The van der Waals surface area contributed by atoms with Gasteiger partial charge in [-0.15, -0.1) is 5.06 Å². The van der Waals surface area contributed by atoms with E-state index in [0.29, 0.717) is 72.3 Å². The van der Waals surface area contributed by atoms with Crippen LogP contribution in [0.25, 0.3) is 21.5 Å². The Morgan fingerprint density at radius 3 is 1.92 bits per heavy atom. The van der Waals surface area contributed by atoms with E-state index in [2.05, 4.69) is 0 Å². The zero-order valence-corrected chi connectivity index (χ0v) is 43.0. The van der Waals surface area contributed by atoms with Crippen LogP contribution in [0.1, 0.15) is 96.6 Å². The van der Waals surface area contributed by atoms with Crippen molar-refractivity contribution in [1.82, 2.24) is 5.06 Å². The fourth-order valence-electron chi connectivity index (χ4n) is 10.4. The molecule has 1 saturated heterocycles. The van der Waals surface area contributed by atoms with Crippen LogP contribution < -0.4 is 4.90 Å². The minimum atomic E-state index is -5.20. The van der Waals surface area contributed by atoms with Gasteiger partial charge in [-0.25, -0.2) is 13.2 Å². The summed E-state index contributed by atoms with van der Waals surface area (Å²) in [4.78, 5) is 40.5. The number of hydrogen-bond donors (Lipinski definition) is 3. The van der Waals surface area contributed by atoms with Gasteiger partial charge >= 0.3 is 5.97 Å². The second kappa shape index (κ2) is 18.5. The van der Waals surface area contributed by atoms with E-state index in [0.717, 1.165) is 41.1 Å². The molecule has 1 aliphatic carbocycles. The van der Waals surface area contributed by atoms with Crippen molar-refractivity contribution >= 4 is 96.9 Å². The Kier molecular flexibility index (Phi) is 13.5. The van der Waals surface area contributed by atoms with Crippen LogP contribution in [0.4, 0.5) is 11.4 Å². The van der Waals surface area contributed by atoms with Crippen molar-refractivity contribution in [2.45, 2.75) is 116 Å². The number of nitrogens with zero attached hydrogens (tertiary/aromatic N) is 3. The number of imide groups is 1. The Hall–Kier alpha value is -5.92. The Balaban J connectivity index is 1.13. The Labute approximate surface area is 416 Å². The molecule has 0 atom stereocenters. The summed E-state index contributed by atoms with van der Waals surface area (Å²) in [6.07, 6.45) is 13.2. The third-order valence-electron chi connectivity index (χ3n) is 13.7. The van der Waals surface area contributed by atoms with Crippen molar-refractivity contribution in [1.29, 1.82) is 0 Å². The number of carbonyl (C=O) groups excluding carboxylic acids is 3. The standard InChI is InChI=1S/C49H51N3O16S4/c1-48(2)41(50(5)37-17-15-33-35(46(37)48)25-31(69(56,57)58)27-39(33)71(62,63)64)19-13-29-10-9-11-30(24-29)14-20-42-49(3,4)47-36-26-32(70(59,60)61)28-40(72(65,66)67)34(36)16-18-38(47)51(42)23-8-6-7-12-45(55)68-52-43(53)21-22-44(52)54/h13-20,24-28H,6-12,21-23H2,1-5H3,(H3-,56,57,58,59,60,61,62,63,64,65,66,67). The predicted molar refractivity (Wildman–Crippen MR) is 262 cm³/mol. The first-order chi connectivity index (χ1) is 33.4. The summed E-state index contributed by atoms with van der Waals surface area (Å²) >= 11 is 0. The van der Waals surface area contributed by atoms with E-state index in [1.807, 2.05) is 74.6 Å². The van der Waals surface area contributed by atoms with E-state index in [9.17, 15) is 66.3 Å². The van der Waals surface area contributed by atoms with Gasteiger partial charge in [-0.1, -0.05) is 44.6 Å². The Morgan fingerprint density at radius 2 is 1.31 bits per heavy atom. The van der Waals surface area contributed by atoms with Gasteiger partial charge in [0.15, 0.2) is 5.71 Å². The third-order valence-corrected chi connectivity index (χ3v) is 17.2. The lowest BCUT2D eigenvalue weighted by Gasteiger charge is -2.27. The molecule has 0 aromatic heterocycles. The fraction of sp³-hybridized carbons (Fsp3) is 0.347. The molecule has 3 N–H and O–H groups in total. The summed E-state index contributed by atoms with van der Waals surface area (Å²) in [5.41, 5.74) is 3.93. The third kappa shape index (κ3) is 9.83. The molecule has 3 heterocycles. The van der Waals surface area contributed by atoms with Crippen LogP contribution in [0.15, 0.2) is 115 Å². The molecule has 23 heteroatoms.